The molecule has 0 bridgehead atoms. The lowest BCUT2D eigenvalue weighted by Crippen LogP contribution is -2.32. The normalized spacial score (nSPS) is 20.1. The lowest BCUT2D eigenvalue weighted by Gasteiger charge is -2.23. The summed E-state index contributed by atoms with van der Waals surface area (Å²) in [6.07, 6.45) is 1.28. The molecule has 17 heavy (non-hydrogen) atoms. The third-order valence-electron chi connectivity index (χ3n) is 2.87. The second-order valence-electron chi connectivity index (χ2n) is 4.54. The molecule has 0 amide bonds. The minimum Gasteiger partial charge on any atom is -0.351 e. The van der Waals surface area contributed by atoms with Crippen LogP contribution in [0.1, 0.15) is 24.2 Å². The summed E-state index contributed by atoms with van der Waals surface area (Å²) in [5, 5.41) is 3.21. The van der Waals surface area contributed by atoms with Gasteiger partial charge in [0, 0.05) is 17.4 Å². The number of aromatic nitrogens is 2. The van der Waals surface area contributed by atoms with Gasteiger partial charge >= 0.3 is 0 Å². The molecular weight excluding hydrogens is 238 g/mol. The summed E-state index contributed by atoms with van der Waals surface area (Å²) in [5.74, 6) is 1.12. The zero-order valence-corrected chi connectivity index (χ0v) is 10.9. The Morgan fingerprint density at radius 1 is 1.18 bits per heavy atom. The van der Waals surface area contributed by atoms with Gasteiger partial charge in [-0.25, -0.2) is 18.4 Å². The molecule has 0 saturated carbocycles. The molecule has 1 aliphatic rings. The first-order valence-corrected chi connectivity index (χ1v) is 7.56. The Kier molecular flexibility index (Phi) is 3.33. The Balaban J connectivity index is 2.02. The molecule has 1 fully saturated rings. The van der Waals surface area contributed by atoms with Crippen LogP contribution in [0.5, 0.6) is 0 Å². The Morgan fingerprint density at radius 2 is 1.71 bits per heavy atom. The van der Waals surface area contributed by atoms with Crippen molar-refractivity contribution in [2.24, 2.45) is 0 Å². The number of hydrogen-bond acceptors (Lipinski definition) is 5. The number of anilines is 1. The molecule has 0 radical (unpaired) electrons. The van der Waals surface area contributed by atoms with E-state index in [0.717, 1.165) is 11.4 Å². The minimum atomic E-state index is -2.81. The highest BCUT2D eigenvalue weighted by atomic mass is 32.2. The van der Waals surface area contributed by atoms with E-state index in [2.05, 4.69) is 15.3 Å². The fraction of sp³-hybridized carbons (Fsp3) is 0.636. The van der Waals surface area contributed by atoms with Gasteiger partial charge in [-0.3, -0.25) is 0 Å². The van der Waals surface area contributed by atoms with Crippen LogP contribution in [-0.2, 0) is 9.84 Å². The number of sulfone groups is 1. The molecule has 1 aromatic heterocycles. The Bertz CT molecular complexity index is 479. The summed E-state index contributed by atoms with van der Waals surface area (Å²) in [6.45, 7) is 3.84. The number of nitrogens with zero attached hydrogens (tertiary/aromatic N) is 2. The standard InChI is InChI=1S/C11H17N3O2S/c1-8-7-9(2)13-11(12-8)14-10-3-5-17(15,16)6-4-10/h7,10H,3-6H2,1-2H3,(H,12,13,14). The van der Waals surface area contributed by atoms with E-state index >= 15 is 0 Å². The molecule has 0 atom stereocenters. The van der Waals surface area contributed by atoms with E-state index in [4.69, 9.17) is 0 Å². The zero-order valence-electron chi connectivity index (χ0n) is 10.1. The highest BCUT2D eigenvalue weighted by Gasteiger charge is 2.23. The van der Waals surface area contributed by atoms with Crippen molar-refractivity contribution < 1.29 is 8.42 Å². The number of aryl methyl sites for hydroxylation is 2. The maximum absolute atomic E-state index is 11.3. The number of rotatable bonds is 2. The maximum atomic E-state index is 11.3. The molecule has 6 heteroatoms. The van der Waals surface area contributed by atoms with Crippen molar-refractivity contribution in [1.82, 2.24) is 9.97 Å². The van der Waals surface area contributed by atoms with E-state index in [1.54, 1.807) is 0 Å². The fourth-order valence-corrected chi connectivity index (χ4v) is 3.50. The van der Waals surface area contributed by atoms with Gasteiger partial charge in [-0.2, -0.15) is 0 Å². The van der Waals surface area contributed by atoms with Crippen LogP contribution >= 0.6 is 0 Å². The first kappa shape index (κ1) is 12.3. The predicted molar refractivity (Wildman–Crippen MR) is 66.8 cm³/mol. The highest BCUT2D eigenvalue weighted by Crippen LogP contribution is 2.16. The average Bonchev–Trinajstić information content (AvgIpc) is 2.20. The first-order chi connectivity index (χ1) is 7.94. The van der Waals surface area contributed by atoms with Gasteiger partial charge in [0.05, 0.1) is 11.5 Å². The van der Waals surface area contributed by atoms with Crippen molar-refractivity contribution in [3.8, 4) is 0 Å². The lowest BCUT2D eigenvalue weighted by atomic mass is 10.2. The Morgan fingerprint density at radius 3 is 2.24 bits per heavy atom. The summed E-state index contributed by atoms with van der Waals surface area (Å²) in [6, 6.07) is 2.08. The highest BCUT2D eigenvalue weighted by molar-refractivity contribution is 7.91. The van der Waals surface area contributed by atoms with E-state index < -0.39 is 9.84 Å². The summed E-state index contributed by atoms with van der Waals surface area (Å²) < 4.78 is 22.6. The van der Waals surface area contributed by atoms with Crippen LogP contribution in [0.25, 0.3) is 0 Å². The Hall–Kier alpha value is -1.17. The maximum Gasteiger partial charge on any atom is 0.223 e. The summed E-state index contributed by atoms with van der Waals surface area (Å²) in [5.41, 5.74) is 1.84. The molecule has 0 spiro atoms. The van der Waals surface area contributed by atoms with E-state index in [1.165, 1.54) is 0 Å². The summed E-state index contributed by atoms with van der Waals surface area (Å²) >= 11 is 0. The fourth-order valence-electron chi connectivity index (χ4n) is 2.01. The molecule has 0 unspecified atom stereocenters. The molecule has 1 aromatic rings. The average molecular weight is 255 g/mol. The van der Waals surface area contributed by atoms with E-state index in [-0.39, 0.29) is 17.5 Å². The lowest BCUT2D eigenvalue weighted by molar-refractivity contribution is 0.558. The summed E-state index contributed by atoms with van der Waals surface area (Å²) in [7, 11) is -2.81. The van der Waals surface area contributed by atoms with Crippen LogP contribution in [0.4, 0.5) is 5.95 Å². The molecule has 94 valence electrons. The molecule has 1 aliphatic heterocycles. The van der Waals surface area contributed by atoms with Crippen LogP contribution in [0, 0.1) is 13.8 Å². The van der Waals surface area contributed by atoms with Gasteiger partial charge in [0.1, 0.15) is 9.84 Å². The summed E-state index contributed by atoms with van der Waals surface area (Å²) in [4.78, 5) is 8.59. The van der Waals surface area contributed by atoms with E-state index in [9.17, 15) is 8.42 Å². The van der Waals surface area contributed by atoms with Gasteiger partial charge in [-0.1, -0.05) is 0 Å². The van der Waals surface area contributed by atoms with Gasteiger partial charge in [-0.15, -0.1) is 0 Å². The third kappa shape index (κ3) is 3.39. The molecule has 0 aromatic carbocycles. The van der Waals surface area contributed by atoms with Crippen LogP contribution in [-0.4, -0.2) is 35.9 Å². The first-order valence-electron chi connectivity index (χ1n) is 5.74. The predicted octanol–water partition coefficient (Wildman–Crippen LogP) is 1.08. The topological polar surface area (TPSA) is 72.0 Å². The van der Waals surface area contributed by atoms with Crippen molar-refractivity contribution in [1.29, 1.82) is 0 Å². The quantitative estimate of drug-likeness (QED) is 0.856. The molecular formula is C11H17N3O2S. The van der Waals surface area contributed by atoms with E-state index in [1.807, 2.05) is 19.9 Å². The van der Waals surface area contributed by atoms with Gasteiger partial charge < -0.3 is 5.32 Å². The monoisotopic (exact) mass is 255 g/mol. The van der Waals surface area contributed by atoms with Gasteiger partial charge in [0.25, 0.3) is 0 Å². The molecule has 1 saturated heterocycles. The minimum absolute atomic E-state index is 0.166. The van der Waals surface area contributed by atoms with Crippen LogP contribution < -0.4 is 5.32 Å². The second kappa shape index (κ2) is 4.60. The van der Waals surface area contributed by atoms with Crippen molar-refractivity contribution >= 4 is 15.8 Å². The second-order valence-corrected chi connectivity index (χ2v) is 6.85. The number of hydrogen-bond donors (Lipinski definition) is 1. The van der Waals surface area contributed by atoms with Crippen molar-refractivity contribution in [2.75, 3.05) is 16.8 Å². The van der Waals surface area contributed by atoms with Gasteiger partial charge in [0.15, 0.2) is 0 Å². The van der Waals surface area contributed by atoms with Gasteiger partial charge in [0.2, 0.25) is 5.95 Å². The van der Waals surface area contributed by atoms with Crippen molar-refractivity contribution in [2.45, 2.75) is 32.7 Å². The Labute approximate surface area is 102 Å². The molecule has 1 N–H and O–H groups in total. The molecule has 5 nitrogen and oxygen atoms in total. The van der Waals surface area contributed by atoms with Crippen molar-refractivity contribution in [3.63, 3.8) is 0 Å². The van der Waals surface area contributed by atoms with E-state index in [0.29, 0.717) is 18.8 Å². The smallest absolute Gasteiger partial charge is 0.223 e. The van der Waals surface area contributed by atoms with Crippen LogP contribution in [0.2, 0.25) is 0 Å². The van der Waals surface area contributed by atoms with Crippen molar-refractivity contribution in [3.05, 3.63) is 17.5 Å². The molecule has 0 aliphatic carbocycles. The third-order valence-corrected chi connectivity index (χ3v) is 4.59. The number of nitrogens with one attached hydrogen (secondary N) is 1. The molecule has 2 rings (SSSR count). The van der Waals surface area contributed by atoms with Crippen LogP contribution in [0.3, 0.4) is 0 Å². The van der Waals surface area contributed by atoms with Crippen LogP contribution in [0.15, 0.2) is 6.07 Å². The molecule has 2 heterocycles. The van der Waals surface area contributed by atoms with Gasteiger partial charge in [-0.05, 0) is 32.8 Å². The SMILES string of the molecule is Cc1cc(C)nc(NC2CCS(=O)(=O)CC2)n1. The zero-order chi connectivity index (χ0) is 12.5. The largest absolute Gasteiger partial charge is 0.351 e.